The average molecular weight is 542 g/mol. The minimum Gasteiger partial charge on any atom is -0.495 e. The van der Waals surface area contributed by atoms with Gasteiger partial charge in [0.15, 0.2) is 0 Å². The third-order valence-corrected chi connectivity index (χ3v) is 8.86. The Morgan fingerprint density at radius 3 is 2.34 bits per heavy atom. The van der Waals surface area contributed by atoms with Crippen LogP contribution in [0.4, 0.5) is 10.1 Å². The zero-order chi connectivity index (χ0) is 27.9. The molecule has 0 bridgehead atoms. The molecule has 3 rings (SSSR count). The molecule has 0 saturated carbocycles. The number of rotatable bonds is 11. The van der Waals surface area contributed by atoms with Crippen molar-refractivity contribution in [1.82, 2.24) is 9.80 Å². The summed E-state index contributed by atoms with van der Waals surface area (Å²) < 4.78 is 45.8. The zero-order valence-corrected chi connectivity index (χ0v) is 24.0. The first-order valence-electron chi connectivity index (χ1n) is 13.0. The lowest BCUT2D eigenvalue weighted by molar-refractivity contribution is 0.330. The van der Waals surface area contributed by atoms with Crippen LogP contribution in [-0.4, -0.2) is 71.6 Å². The van der Waals surface area contributed by atoms with Gasteiger partial charge in [0.05, 0.1) is 17.8 Å². The second-order valence-corrected chi connectivity index (χ2v) is 11.5. The molecule has 206 valence electrons. The first kappa shape index (κ1) is 29.5. The topological polar surface area (TPSA) is 53.1 Å². The second-order valence-electron chi connectivity index (χ2n) is 9.60. The van der Waals surface area contributed by atoms with Crippen LogP contribution in [0, 0.1) is 6.92 Å². The summed E-state index contributed by atoms with van der Waals surface area (Å²) in [6, 6.07) is 10.6. The smallest absolute Gasteiger partial charge is 0.210 e. The van der Waals surface area contributed by atoms with E-state index in [0.29, 0.717) is 5.75 Å². The Bertz CT molecular complexity index is 1270. The van der Waals surface area contributed by atoms with E-state index in [1.807, 2.05) is 25.1 Å². The van der Waals surface area contributed by atoms with Gasteiger partial charge in [-0.05, 0) is 99.6 Å². The van der Waals surface area contributed by atoms with Crippen LogP contribution in [0.2, 0.25) is 0 Å². The molecule has 1 aliphatic heterocycles. The number of likely N-dealkylation sites (N-methyl/N-ethyl adjacent to an activating group) is 1. The molecule has 0 spiro atoms. The summed E-state index contributed by atoms with van der Waals surface area (Å²) in [5, 5.41) is 0. The summed E-state index contributed by atoms with van der Waals surface area (Å²) in [5.41, 5.74) is 3.87. The fourth-order valence-electron chi connectivity index (χ4n) is 4.50. The van der Waals surface area contributed by atoms with Crippen LogP contribution < -0.4 is 9.64 Å². The summed E-state index contributed by atoms with van der Waals surface area (Å²) in [5.74, 6) is 0.121. The highest BCUT2D eigenvalue weighted by molar-refractivity contribution is 7.91. The van der Waals surface area contributed by atoms with Gasteiger partial charge in [-0.25, -0.2) is 12.8 Å². The average Bonchev–Trinajstić information content (AvgIpc) is 2.92. The Morgan fingerprint density at radius 1 is 1.13 bits per heavy atom. The van der Waals surface area contributed by atoms with Crippen LogP contribution in [0.3, 0.4) is 0 Å². The number of aryl methyl sites for hydroxylation is 1. The first-order valence-corrected chi connectivity index (χ1v) is 14.5. The highest BCUT2D eigenvalue weighted by atomic mass is 32.2. The van der Waals surface area contributed by atoms with Crippen LogP contribution in [0.15, 0.2) is 82.5 Å². The van der Waals surface area contributed by atoms with Crippen LogP contribution >= 0.6 is 0 Å². The van der Waals surface area contributed by atoms with E-state index in [0.717, 1.165) is 68.2 Å². The number of methoxy groups -OCH3 is 1. The molecule has 2 aromatic rings. The maximum Gasteiger partial charge on any atom is 0.210 e. The standard InChI is InChI=1S/C30H40FN3O3S/c1-7-26(10-9-24(4)31)33-17-19-34(20-18-33)27-11-13-28(14-12-27)38(35,36)30-21-23(3)25(22-29(30)37-6)15-16-32(5)8-2/h7,9-14,21-22H,1,8,15-20H2,2-6H3/b24-9+,26-10+. The van der Waals surface area contributed by atoms with Gasteiger partial charge in [-0.1, -0.05) is 13.5 Å². The van der Waals surface area contributed by atoms with Gasteiger partial charge >= 0.3 is 0 Å². The normalized spacial score (nSPS) is 15.2. The number of anilines is 1. The van der Waals surface area contributed by atoms with Crippen molar-refractivity contribution < 1.29 is 17.5 Å². The minimum absolute atomic E-state index is 0.188. The molecule has 0 aliphatic carbocycles. The molecule has 2 aromatic carbocycles. The molecule has 0 aromatic heterocycles. The molecule has 8 heteroatoms. The van der Waals surface area contributed by atoms with E-state index in [1.54, 1.807) is 30.4 Å². The van der Waals surface area contributed by atoms with Crippen molar-refractivity contribution in [2.45, 2.75) is 37.0 Å². The van der Waals surface area contributed by atoms with Crippen molar-refractivity contribution in [1.29, 1.82) is 0 Å². The van der Waals surface area contributed by atoms with Gasteiger partial charge in [-0.15, -0.1) is 0 Å². The monoisotopic (exact) mass is 541 g/mol. The summed E-state index contributed by atoms with van der Waals surface area (Å²) >= 11 is 0. The van der Waals surface area contributed by atoms with Crippen LogP contribution in [0.1, 0.15) is 25.0 Å². The number of piperazine rings is 1. The molecule has 1 fully saturated rings. The number of allylic oxidation sites excluding steroid dienone is 4. The van der Waals surface area contributed by atoms with Crippen molar-refractivity contribution in [3.05, 3.63) is 83.9 Å². The summed E-state index contributed by atoms with van der Waals surface area (Å²) in [7, 11) is -0.180. The number of hydrogen-bond acceptors (Lipinski definition) is 6. The van der Waals surface area contributed by atoms with Crippen molar-refractivity contribution in [2.24, 2.45) is 0 Å². The van der Waals surface area contributed by atoms with Gasteiger partial charge in [-0.2, -0.15) is 0 Å². The number of nitrogens with zero attached hydrogens (tertiary/aromatic N) is 3. The highest BCUT2D eigenvalue weighted by Crippen LogP contribution is 2.33. The van der Waals surface area contributed by atoms with Crippen molar-refractivity contribution in [3.8, 4) is 5.75 Å². The molecule has 1 aliphatic rings. The lowest BCUT2D eigenvalue weighted by Crippen LogP contribution is -2.45. The van der Waals surface area contributed by atoms with E-state index in [-0.39, 0.29) is 15.6 Å². The lowest BCUT2D eigenvalue weighted by Gasteiger charge is -2.37. The molecule has 0 unspecified atom stereocenters. The van der Waals surface area contributed by atoms with E-state index in [4.69, 9.17) is 4.74 Å². The maximum absolute atomic E-state index is 13.6. The number of ether oxygens (including phenoxy) is 1. The fraction of sp³-hybridized carbons (Fsp3) is 0.400. The quantitative estimate of drug-likeness (QED) is 0.355. The van der Waals surface area contributed by atoms with E-state index in [2.05, 4.69) is 35.3 Å². The SMILES string of the molecule is C=C/C(=C\C=C(/C)F)N1CCN(c2ccc(S(=O)(=O)c3cc(C)c(CCN(C)CC)cc3OC)cc2)CC1. The van der Waals surface area contributed by atoms with Gasteiger partial charge < -0.3 is 19.4 Å². The van der Waals surface area contributed by atoms with E-state index >= 15 is 0 Å². The van der Waals surface area contributed by atoms with Crippen LogP contribution in [-0.2, 0) is 16.3 Å². The summed E-state index contributed by atoms with van der Waals surface area (Å²) in [6.07, 6.45) is 5.74. The van der Waals surface area contributed by atoms with Gasteiger partial charge in [0.1, 0.15) is 10.6 Å². The Labute approximate surface area is 227 Å². The third kappa shape index (κ3) is 7.05. The Morgan fingerprint density at radius 2 is 1.79 bits per heavy atom. The van der Waals surface area contributed by atoms with Gasteiger partial charge in [-0.3, -0.25) is 0 Å². The maximum atomic E-state index is 13.6. The number of benzene rings is 2. The predicted molar refractivity (Wildman–Crippen MR) is 153 cm³/mol. The molecule has 6 nitrogen and oxygen atoms in total. The highest BCUT2D eigenvalue weighted by Gasteiger charge is 2.25. The van der Waals surface area contributed by atoms with E-state index in [9.17, 15) is 12.8 Å². The fourth-order valence-corrected chi connectivity index (χ4v) is 5.99. The Balaban J connectivity index is 1.76. The van der Waals surface area contributed by atoms with Crippen molar-refractivity contribution >= 4 is 15.5 Å². The van der Waals surface area contributed by atoms with E-state index in [1.165, 1.54) is 20.1 Å². The molecule has 0 radical (unpaired) electrons. The second kappa shape index (κ2) is 13.1. The lowest BCUT2D eigenvalue weighted by atomic mass is 10.1. The van der Waals surface area contributed by atoms with Gasteiger partial charge in [0.2, 0.25) is 9.84 Å². The Kier molecular flexibility index (Phi) is 10.2. The molecule has 0 atom stereocenters. The first-order chi connectivity index (χ1) is 18.1. The Hall–Kier alpha value is -3.10. The molecule has 0 amide bonds. The molecule has 38 heavy (non-hydrogen) atoms. The van der Waals surface area contributed by atoms with Crippen molar-refractivity contribution in [3.63, 3.8) is 0 Å². The summed E-state index contributed by atoms with van der Waals surface area (Å²) in [6.45, 7) is 14.2. The number of hydrogen-bond donors (Lipinski definition) is 0. The molecule has 1 heterocycles. The molecular weight excluding hydrogens is 501 g/mol. The third-order valence-electron chi connectivity index (χ3n) is 7.06. The predicted octanol–water partition coefficient (Wildman–Crippen LogP) is 5.40. The largest absolute Gasteiger partial charge is 0.495 e. The summed E-state index contributed by atoms with van der Waals surface area (Å²) in [4.78, 5) is 7.03. The molecule has 1 saturated heterocycles. The molecular formula is C30H40FN3O3S. The number of sulfone groups is 1. The zero-order valence-electron chi connectivity index (χ0n) is 23.2. The van der Waals surface area contributed by atoms with Crippen LogP contribution in [0.25, 0.3) is 0 Å². The van der Waals surface area contributed by atoms with Crippen LogP contribution in [0.5, 0.6) is 5.75 Å². The molecule has 0 N–H and O–H groups in total. The number of halogens is 1. The minimum atomic E-state index is -3.76. The van der Waals surface area contributed by atoms with Gasteiger partial charge in [0.25, 0.3) is 0 Å². The van der Waals surface area contributed by atoms with Gasteiger partial charge in [0, 0.05) is 44.1 Å². The van der Waals surface area contributed by atoms with E-state index < -0.39 is 9.84 Å². The van der Waals surface area contributed by atoms with Crippen molar-refractivity contribution in [2.75, 3.05) is 58.3 Å².